The Labute approximate surface area is 62.8 Å². The molecule has 1 aliphatic rings. The minimum Gasteiger partial charge on any atom is -0.393 e. The van der Waals surface area contributed by atoms with Crippen molar-refractivity contribution < 1.29 is 5.11 Å². The molecule has 0 spiro atoms. The molecule has 10 heavy (non-hydrogen) atoms. The summed E-state index contributed by atoms with van der Waals surface area (Å²) in [7, 11) is 0. The molecule has 0 bridgehead atoms. The summed E-state index contributed by atoms with van der Waals surface area (Å²) in [5.41, 5.74) is 0. The molecule has 1 saturated heterocycles. The normalized spacial score (nSPS) is 36.3. The molecule has 1 heterocycles. The lowest BCUT2D eigenvalue weighted by molar-refractivity contribution is 0.0373. The monoisotopic (exact) mass is 143 g/mol. The topological polar surface area (TPSA) is 23.5 Å². The van der Waals surface area contributed by atoms with Gasteiger partial charge in [0.25, 0.3) is 0 Å². The molecule has 0 aromatic heterocycles. The SMILES string of the molecule is CCN1CCC(O)C(C)C1. The van der Waals surface area contributed by atoms with Gasteiger partial charge < -0.3 is 10.0 Å². The molecule has 1 N–H and O–H groups in total. The van der Waals surface area contributed by atoms with E-state index in [9.17, 15) is 5.11 Å². The molecule has 0 aliphatic carbocycles. The smallest absolute Gasteiger partial charge is 0.0590 e. The van der Waals surface area contributed by atoms with E-state index in [0.29, 0.717) is 5.92 Å². The van der Waals surface area contributed by atoms with Gasteiger partial charge in [-0.15, -0.1) is 0 Å². The summed E-state index contributed by atoms with van der Waals surface area (Å²) < 4.78 is 0. The first kappa shape index (κ1) is 8.02. The molecule has 1 aliphatic heterocycles. The second-order valence-corrected chi connectivity index (χ2v) is 3.23. The Hall–Kier alpha value is -0.0800. The van der Waals surface area contributed by atoms with Gasteiger partial charge in [0.2, 0.25) is 0 Å². The van der Waals surface area contributed by atoms with Crippen LogP contribution >= 0.6 is 0 Å². The summed E-state index contributed by atoms with van der Waals surface area (Å²) in [4.78, 5) is 2.39. The lowest BCUT2D eigenvalue weighted by atomic mass is 9.97. The zero-order valence-corrected chi connectivity index (χ0v) is 6.88. The second-order valence-electron chi connectivity index (χ2n) is 3.23. The zero-order chi connectivity index (χ0) is 7.56. The minimum absolute atomic E-state index is 0.0530. The Kier molecular flexibility index (Phi) is 2.69. The molecule has 2 atom stereocenters. The highest BCUT2D eigenvalue weighted by Gasteiger charge is 2.22. The van der Waals surface area contributed by atoms with Crippen LogP contribution in [0, 0.1) is 5.92 Å². The predicted molar refractivity (Wildman–Crippen MR) is 41.9 cm³/mol. The number of rotatable bonds is 1. The summed E-state index contributed by atoms with van der Waals surface area (Å²) in [5, 5.41) is 9.36. The number of piperidine rings is 1. The highest BCUT2D eigenvalue weighted by atomic mass is 16.3. The quantitative estimate of drug-likeness (QED) is 0.584. The Bertz CT molecular complexity index is 105. The van der Waals surface area contributed by atoms with Gasteiger partial charge in [0.15, 0.2) is 0 Å². The standard InChI is InChI=1S/C8H17NO/c1-3-9-5-4-8(10)7(2)6-9/h7-8,10H,3-6H2,1-2H3. The molecule has 0 aromatic rings. The van der Waals surface area contributed by atoms with Crippen LogP contribution in [0.3, 0.4) is 0 Å². The summed E-state index contributed by atoms with van der Waals surface area (Å²) in [6.45, 7) is 7.55. The van der Waals surface area contributed by atoms with E-state index in [1.807, 2.05) is 0 Å². The molecule has 1 fully saturated rings. The van der Waals surface area contributed by atoms with Gasteiger partial charge in [0, 0.05) is 13.1 Å². The molecule has 0 saturated carbocycles. The molecular weight excluding hydrogens is 126 g/mol. The molecule has 1 rings (SSSR count). The van der Waals surface area contributed by atoms with E-state index in [1.54, 1.807) is 0 Å². The van der Waals surface area contributed by atoms with Crippen molar-refractivity contribution in [3.8, 4) is 0 Å². The molecule has 0 amide bonds. The fraction of sp³-hybridized carbons (Fsp3) is 1.00. The Morgan fingerprint density at radius 1 is 1.60 bits per heavy atom. The minimum atomic E-state index is -0.0530. The van der Waals surface area contributed by atoms with E-state index in [0.717, 1.165) is 26.1 Å². The zero-order valence-electron chi connectivity index (χ0n) is 6.88. The van der Waals surface area contributed by atoms with Crippen LogP contribution in [0.4, 0.5) is 0 Å². The number of nitrogens with zero attached hydrogens (tertiary/aromatic N) is 1. The fourth-order valence-electron chi connectivity index (χ4n) is 1.51. The first-order valence-corrected chi connectivity index (χ1v) is 4.14. The van der Waals surface area contributed by atoms with Crippen molar-refractivity contribution in [1.82, 2.24) is 4.90 Å². The van der Waals surface area contributed by atoms with Crippen LogP contribution in [-0.2, 0) is 0 Å². The van der Waals surface area contributed by atoms with Crippen LogP contribution in [-0.4, -0.2) is 35.7 Å². The first-order valence-electron chi connectivity index (χ1n) is 4.14. The summed E-state index contributed by atoms with van der Waals surface area (Å²) in [6.07, 6.45) is 0.900. The van der Waals surface area contributed by atoms with Gasteiger partial charge in [0.1, 0.15) is 0 Å². The van der Waals surface area contributed by atoms with Crippen molar-refractivity contribution in [3.63, 3.8) is 0 Å². The number of hydrogen-bond acceptors (Lipinski definition) is 2. The van der Waals surface area contributed by atoms with Crippen LogP contribution < -0.4 is 0 Å². The summed E-state index contributed by atoms with van der Waals surface area (Å²) in [5.74, 6) is 0.466. The van der Waals surface area contributed by atoms with Crippen molar-refractivity contribution >= 4 is 0 Å². The fourth-order valence-corrected chi connectivity index (χ4v) is 1.51. The van der Waals surface area contributed by atoms with E-state index < -0.39 is 0 Å². The number of hydrogen-bond donors (Lipinski definition) is 1. The van der Waals surface area contributed by atoms with E-state index >= 15 is 0 Å². The van der Waals surface area contributed by atoms with Gasteiger partial charge in [-0.3, -0.25) is 0 Å². The van der Waals surface area contributed by atoms with E-state index in [1.165, 1.54) is 0 Å². The van der Waals surface area contributed by atoms with Crippen molar-refractivity contribution in [2.45, 2.75) is 26.4 Å². The molecular formula is C8H17NO. The van der Waals surface area contributed by atoms with Crippen molar-refractivity contribution in [2.24, 2.45) is 5.92 Å². The van der Waals surface area contributed by atoms with Crippen molar-refractivity contribution in [1.29, 1.82) is 0 Å². The third kappa shape index (κ3) is 1.70. The Morgan fingerprint density at radius 3 is 2.80 bits per heavy atom. The molecule has 60 valence electrons. The number of aliphatic hydroxyl groups is 1. The molecule has 2 unspecified atom stereocenters. The number of aliphatic hydroxyl groups excluding tert-OH is 1. The molecule has 0 aromatic carbocycles. The van der Waals surface area contributed by atoms with Crippen LogP contribution in [0.1, 0.15) is 20.3 Å². The predicted octanol–water partition coefficient (Wildman–Crippen LogP) is 0.709. The lowest BCUT2D eigenvalue weighted by Crippen LogP contribution is -2.41. The van der Waals surface area contributed by atoms with Gasteiger partial charge in [-0.2, -0.15) is 0 Å². The molecule has 2 nitrogen and oxygen atoms in total. The van der Waals surface area contributed by atoms with Crippen LogP contribution in [0.5, 0.6) is 0 Å². The average molecular weight is 143 g/mol. The Balaban J connectivity index is 2.33. The van der Waals surface area contributed by atoms with Gasteiger partial charge in [-0.05, 0) is 18.9 Å². The van der Waals surface area contributed by atoms with Gasteiger partial charge in [-0.1, -0.05) is 13.8 Å². The Morgan fingerprint density at radius 2 is 2.30 bits per heavy atom. The maximum absolute atomic E-state index is 9.36. The van der Waals surface area contributed by atoms with Crippen LogP contribution in [0.25, 0.3) is 0 Å². The maximum Gasteiger partial charge on any atom is 0.0590 e. The molecule has 0 radical (unpaired) electrons. The summed E-state index contributed by atoms with van der Waals surface area (Å²) >= 11 is 0. The molecule has 2 heteroatoms. The van der Waals surface area contributed by atoms with Gasteiger partial charge in [0.05, 0.1) is 6.10 Å². The van der Waals surface area contributed by atoms with Gasteiger partial charge in [-0.25, -0.2) is 0 Å². The highest BCUT2D eigenvalue weighted by molar-refractivity contribution is 4.75. The number of likely N-dealkylation sites (tertiary alicyclic amines) is 1. The maximum atomic E-state index is 9.36. The van der Waals surface area contributed by atoms with Crippen molar-refractivity contribution in [2.75, 3.05) is 19.6 Å². The largest absolute Gasteiger partial charge is 0.393 e. The van der Waals surface area contributed by atoms with Crippen molar-refractivity contribution in [3.05, 3.63) is 0 Å². The van der Waals surface area contributed by atoms with Gasteiger partial charge >= 0.3 is 0 Å². The van der Waals surface area contributed by atoms with Crippen LogP contribution in [0.15, 0.2) is 0 Å². The third-order valence-corrected chi connectivity index (χ3v) is 2.39. The first-order chi connectivity index (χ1) is 4.74. The van der Waals surface area contributed by atoms with E-state index in [2.05, 4.69) is 18.7 Å². The average Bonchev–Trinajstić information content (AvgIpc) is 1.95. The van der Waals surface area contributed by atoms with E-state index in [-0.39, 0.29) is 6.10 Å². The lowest BCUT2D eigenvalue weighted by Gasteiger charge is -2.33. The van der Waals surface area contributed by atoms with E-state index in [4.69, 9.17) is 0 Å². The highest BCUT2D eigenvalue weighted by Crippen LogP contribution is 2.15. The second kappa shape index (κ2) is 3.35. The third-order valence-electron chi connectivity index (χ3n) is 2.39. The summed E-state index contributed by atoms with van der Waals surface area (Å²) in [6, 6.07) is 0. The van der Waals surface area contributed by atoms with Crippen LogP contribution in [0.2, 0.25) is 0 Å².